The first-order chi connectivity index (χ1) is 9.70. The molecule has 1 aromatic rings. The molecule has 0 aromatic heterocycles. The predicted molar refractivity (Wildman–Crippen MR) is 90.1 cm³/mol. The highest BCUT2D eigenvalue weighted by atomic mass is 79.9. The number of nitrogens with one attached hydrogen (secondary N) is 1. The monoisotopic (exact) mass is 338 g/mol. The highest BCUT2D eigenvalue weighted by molar-refractivity contribution is 9.10. The Morgan fingerprint density at radius 1 is 1.30 bits per heavy atom. The van der Waals surface area contributed by atoms with E-state index in [0.717, 1.165) is 0 Å². The Morgan fingerprint density at radius 2 is 2.10 bits per heavy atom. The summed E-state index contributed by atoms with van der Waals surface area (Å²) in [4.78, 5) is 2.62. The highest BCUT2D eigenvalue weighted by Crippen LogP contribution is 2.24. The fourth-order valence-corrected chi connectivity index (χ4v) is 3.76. The van der Waals surface area contributed by atoms with Crippen LogP contribution in [0.4, 0.5) is 0 Å². The number of likely N-dealkylation sites (tertiary alicyclic amines) is 1. The van der Waals surface area contributed by atoms with E-state index in [2.05, 4.69) is 64.3 Å². The SMILES string of the molecule is CCCN1CCCC(N[C@@H](C)c2ccccc2Br)CC1. The van der Waals surface area contributed by atoms with Crippen LogP contribution in [0.5, 0.6) is 0 Å². The van der Waals surface area contributed by atoms with Crippen LogP contribution in [-0.4, -0.2) is 30.6 Å². The summed E-state index contributed by atoms with van der Waals surface area (Å²) in [5.41, 5.74) is 1.36. The van der Waals surface area contributed by atoms with Crippen molar-refractivity contribution in [2.75, 3.05) is 19.6 Å². The van der Waals surface area contributed by atoms with Gasteiger partial charge in [-0.1, -0.05) is 41.1 Å². The first-order valence-electron chi connectivity index (χ1n) is 7.93. The normalized spacial score (nSPS) is 22.4. The zero-order chi connectivity index (χ0) is 14.4. The van der Waals surface area contributed by atoms with Crippen LogP contribution >= 0.6 is 15.9 Å². The molecule has 0 radical (unpaired) electrons. The van der Waals surface area contributed by atoms with Crippen LogP contribution in [0.25, 0.3) is 0 Å². The number of hydrogen-bond donors (Lipinski definition) is 1. The molecule has 20 heavy (non-hydrogen) atoms. The summed E-state index contributed by atoms with van der Waals surface area (Å²) in [6.45, 7) is 8.32. The van der Waals surface area contributed by atoms with Gasteiger partial charge in [0.25, 0.3) is 0 Å². The molecule has 0 spiro atoms. The van der Waals surface area contributed by atoms with Crippen LogP contribution in [0.1, 0.15) is 51.1 Å². The van der Waals surface area contributed by atoms with Crippen molar-refractivity contribution < 1.29 is 0 Å². The second kappa shape index (κ2) is 8.16. The molecule has 3 heteroatoms. The molecule has 1 aliphatic heterocycles. The molecule has 1 N–H and O–H groups in total. The van der Waals surface area contributed by atoms with Gasteiger partial charge in [0.05, 0.1) is 0 Å². The number of halogens is 1. The van der Waals surface area contributed by atoms with E-state index in [1.54, 1.807) is 0 Å². The second-order valence-electron chi connectivity index (χ2n) is 5.88. The molecule has 0 aliphatic carbocycles. The van der Waals surface area contributed by atoms with Gasteiger partial charge in [0.1, 0.15) is 0 Å². The Hall–Kier alpha value is -0.380. The van der Waals surface area contributed by atoms with Gasteiger partial charge in [-0.15, -0.1) is 0 Å². The van der Waals surface area contributed by atoms with E-state index in [4.69, 9.17) is 0 Å². The number of rotatable bonds is 5. The molecule has 1 heterocycles. The van der Waals surface area contributed by atoms with Gasteiger partial charge < -0.3 is 10.2 Å². The zero-order valence-electron chi connectivity index (χ0n) is 12.7. The van der Waals surface area contributed by atoms with E-state index < -0.39 is 0 Å². The van der Waals surface area contributed by atoms with E-state index in [1.807, 2.05) is 0 Å². The average molecular weight is 339 g/mol. The van der Waals surface area contributed by atoms with Crippen molar-refractivity contribution in [3.05, 3.63) is 34.3 Å². The highest BCUT2D eigenvalue weighted by Gasteiger charge is 2.19. The van der Waals surface area contributed by atoms with Gasteiger partial charge in [-0.2, -0.15) is 0 Å². The van der Waals surface area contributed by atoms with Crippen LogP contribution in [0.15, 0.2) is 28.7 Å². The van der Waals surface area contributed by atoms with Gasteiger partial charge >= 0.3 is 0 Å². The van der Waals surface area contributed by atoms with E-state index >= 15 is 0 Å². The minimum absolute atomic E-state index is 0.410. The Bertz CT molecular complexity index is 408. The summed E-state index contributed by atoms with van der Waals surface area (Å²) in [6.07, 6.45) is 5.16. The maximum Gasteiger partial charge on any atom is 0.0305 e. The summed E-state index contributed by atoms with van der Waals surface area (Å²) >= 11 is 3.66. The first-order valence-corrected chi connectivity index (χ1v) is 8.72. The summed E-state index contributed by atoms with van der Waals surface area (Å²) in [5, 5.41) is 3.82. The lowest BCUT2D eigenvalue weighted by Crippen LogP contribution is -2.33. The van der Waals surface area contributed by atoms with Gasteiger partial charge in [-0.25, -0.2) is 0 Å². The molecule has 1 saturated heterocycles. The smallest absolute Gasteiger partial charge is 0.0305 e. The van der Waals surface area contributed by atoms with Crippen LogP contribution in [0.3, 0.4) is 0 Å². The standard InChI is InChI=1S/C17H27BrN2/c1-3-11-20-12-6-7-15(10-13-20)19-14(2)16-8-4-5-9-17(16)18/h4-5,8-9,14-15,19H,3,6-7,10-13H2,1-2H3/t14-,15?/m0/s1. The lowest BCUT2D eigenvalue weighted by atomic mass is 10.0. The van der Waals surface area contributed by atoms with E-state index in [9.17, 15) is 0 Å². The van der Waals surface area contributed by atoms with Crippen LogP contribution in [0.2, 0.25) is 0 Å². The molecule has 1 aliphatic rings. The quantitative estimate of drug-likeness (QED) is 0.857. The topological polar surface area (TPSA) is 15.3 Å². The van der Waals surface area contributed by atoms with Gasteiger partial charge in [0, 0.05) is 16.6 Å². The molecule has 1 unspecified atom stereocenters. The van der Waals surface area contributed by atoms with Crippen LogP contribution < -0.4 is 5.32 Å². The van der Waals surface area contributed by atoms with Crippen molar-refractivity contribution in [2.45, 2.75) is 51.6 Å². The first kappa shape index (κ1) is 16.0. The van der Waals surface area contributed by atoms with Crippen LogP contribution in [0, 0.1) is 0 Å². The summed E-state index contributed by atoms with van der Waals surface area (Å²) in [7, 11) is 0. The molecule has 2 rings (SSSR count). The maximum atomic E-state index is 3.82. The molecule has 112 valence electrons. The third kappa shape index (κ3) is 4.57. The van der Waals surface area contributed by atoms with Crippen molar-refractivity contribution >= 4 is 15.9 Å². The largest absolute Gasteiger partial charge is 0.307 e. The Balaban J connectivity index is 1.88. The van der Waals surface area contributed by atoms with Gasteiger partial charge in [0.15, 0.2) is 0 Å². The molecule has 1 fully saturated rings. The van der Waals surface area contributed by atoms with Gasteiger partial charge in [-0.3, -0.25) is 0 Å². The predicted octanol–water partition coefficient (Wildman–Crippen LogP) is 4.36. The van der Waals surface area contributed by atoms with E-state index in [0.29, 0.717) is 12.1 Å². The second-order valence-corrected chi connectivity index (χ2v) is 6.73. The Morgan fingerprint density at radius 3 is 2.85 bits per heavy atom. The lowest BCUT2D eigenvalue weighted by molar-refractivity contribution is 0.281. The molecule has 0 bridgehead atoms. The maximum absolute atomic E-state index is 3.82. The molecule has 0 saturated carbocycles. The molecule has 2 atom stereocenters. The lowest BCUT2D eigenvalue weighted by Gasteiger charge is -2.23. The Labute approximate surface area is 132 Å². The van der Waals surface area contributed by atoms with Crippen molar-refractivity contribution in [3.63, 3.8) is 0 Å². The van der Waals surface area contributed by atoms with E-state index in [1.165, 1.54) is 55.4 Å². The fraction of sp³-hybridized carbons (Fsp3) is 0.647. The minimum atomic E-state index is 0.410. The van der Waals surface area contributed by atoms with Crippen LogP contribution in [-0.2, 0) is 0 Å². The van der Waals surface area contributed by atoms with Crippen molar-refractivity contribution in [1.82, 2.24) is 10.2 Å². The number of benzene rings is 1. The molecular weight excluding hydrogens is 312 g/mol. The third-order valence-corrected chi connectivity index (χ3v) is 4.94. The summed E-state index contributed by atoms with van der Waals surface area (Å²) in [6, 6.07) is 9.60. The van der Waals surface area contributed by atoms with Crippen molar-refractivity contribution in [2.24, 2.45) is 0 Å². The molecule has 2 nitrogen and oxygen atoms in total. The van der Waals surface area contributed by atoms with Crippen molar-refractivity contribution in [3.8, 4) is 0 Å². The molecule has 0 amide bonds. The third-order valence-electron chi connectivity index (χ3n) is 4.22. The number of hydrogen-bond acceptors (Lipinski definition) is 2. The van der Waals surface area contributed by atoms with Crippen molar-refractivity contribution in [1.29, 1.82) is 0 Å². The van der Waals surface area contributed by atoms with E-state index in [-0.39, 0.29) is 0 Å². The Kier molecular flexibility index (Phi) is 6.53. The fourth-order valence-electron chi connectivity index (χ4n) is 3.13. The van der Waals surface area contributed by atoms with Gasteiger partial charge in [0.2, 0.25) is 0 Å². The molecule has 1 aromatic carbocycles. The van der Waals surface area contributed by atoms with Gasteiger partial charge in [-0.05, 0) is 63.9 Å². The average Bonchev–Trinajstić information content (AvgIpc) is 2.65. The summed E-state index contributed by atoms with van der Waals surface area (Å²) < 4.78 is 1.21. The number of nitrogens with zero attached hydrogens (tertiary/aromatic N) is 1. The zero-order valence-corrected chi connectivity index (χ0v) is 14.3. The summed E-state index contributed by atoms with van der Waals surface area (Å²) in [5.74, 6) is 0. The minimum Gasteiger partial charge on any atom is -0.307 e. The molecular formula is C17H27BrN2.